The second-order valence-corrected chi connectivity index (χ2v) is 4.55. The van der Waals surface area contributed by atoms with Crippen LogP contribution >= 0.6 is 11.6 Å². The van der Waals surface area contributed by atoms with Crippen LogP contribution in [0.15, 0.2) is 53.7 Å². The molecule has 0 heterocycles. The van der Waals surface area contributed by atoms with Gasteiger partial charge in [0.05, 0.1) is 6.21 Å². The molecule has 0 radical (unpaired) electrons. The van der Waals surface area contributed by atoms with Crippen LogP contribution in [0, 0.1) is 5.82 Å². The number of hydrogen-bond donors (Lipinski definition) is 1. The van der Waals surface area contributed by atoms with Crippen molar-refractivity contribution in [1.82, 2.24) is 0 Å². The SMILES string of the molecule is O=C(CO/N=C/c1ccc(F)cc1)Nc1ccc(Cl)cc1. The Labute approximate surface area is 126 Å². The molecule has 1 N–H and O–H groups in total. The molecule has 1 amide bonds. The van der Waals surface area contributed by atoms with E-state index in [9.17, 15) is 9.18 Å². The highest BCUT2D eigenvalue weighted by Gasteiger charge is 2.02. The summed E-state index contributed by atoms with van der Waals surface area (Å²) < 4.78 is 12.7. The topological polar surface area (TPSA) is 50.7 Å². The number of nitrogens with zero attached hydrogens (tertiary/aromatic N) is 1. The molecule has 0 saturated carbocycles. The number of oxime groups is 1. The maximum atomic E-state index is 12.7. The summed E-state index contributed by atoms with van der Waals surface area (Å²) in [6, 6.07) is 12.4. The highest BCUT2D eigenvalue weighted by atomic mass is 35.5. The normalized spacial score (nSPS) is 10.6. The molecule has 0 spiro atoms. The van der Waals surface area contributed by atoms with Crippen LogP contribution in [0.2, 0.25) is 5.02 Å². The van der Waals surface area contributed by atoms with Crippen molar-refractivity contribution in [3.8, 4) is 0 Å². The molecular weight excluding hydrogens is 295 g/mol. The third-order valence-corrected chi connectivity index (χ3v) is 2.72. The number of benzene rings is 2. The molecule has 0 bridgehead atoms. The van der Waals surface area contributed by atoms with Gasteiger partial charge in [0.25, 0.3) is 5.91 Å². The van der Waals surface area contributed by atoms with Crippen molar-refractivity contribution in [2.45, 2.75) is 0 Å². The first-order valence-electron chi connectivity index (χ1n) is 6.10. The molecule has 6 heteroatoms. The Hall–Kier alpha value is -2.40. The number of halogens is 2. The first kappa shape index (κ1) is 15.0. The van der Waals surface area contributed by atoms with E-state index in [0.717, 1.165) is 0 Å². The maximum Gasteiger partial charge on any atom is 0.265 e. The molecule has 0 atom stereocenters. The van der Waals surface area contributed by atoms with Gasteiger partial charge in [-0.25, -0.2) is 4.39 Å². The zero-order chi connectivity index (χ0) is 15.1. The van der Waals surface area contributed by atoms with E-state index < -0.39 is 0 Å². The number of amides is 1. The fourth-order valence-electron chi connectivity index (χ4n) is 1.47. The van der Waals surface area contributed by atoms with Crippen LogP contribution in [0.3, 0.4) is 0 Å². The third kappa shape index (κ3) is 5.24. The Kier molecular flexibility index (Phi) is 5.29. The lowest BCUT2D eigenvalue weighted by molar-refractivity contribution is -0.120. The lowest BCUT2D eigenvalue weighted by atomic mass is 10.2. The Morgan fingerprint density at radius 3 is 2.52 bits per heavy atom. The molecule has 2 aromatic rings. The summed E-state index contributed by atoms with van der Waals surface area (Å²) in [5, 5.41) is 6.86. The van der Waals surface area contributed by atoms with Crippen molar-refractivity contribution in [3.63, 3.8) is 0 Å². The van der Waals surface area contributed by atoms with Gasteiger partial charge in [-0.2, -0.15) is 0 Å². The van der Waals surface area contributed by atoms with E-state index in [4.69, 9.17) is 16.4 Å². The molecular formula is C15H12ClFN2O2. The highest BCUT2D eigenvalue weighted by molar-refractivity contribution is 6.30. The van der Waals surface area contributed by atoms with Crippen molar-refractivity contribution >= 4 is 29.4 Å². The van der Waals surface area contributed by atoms with Crippen LogP contribution in [-0.2, 0) is 9.63 Å². The van der Waals surface area contributed by atoms with Gasteiger partial charge in [0.15, 0.2) is 6.61 Å². The van der Waals surface area contributed by atoms with E-state index in [0.29, 0.717) is 16.3 Å². The molecule has 108 valence electrons. The molecule has 0 unspecified atom stereocenters. The van der Waals surface area contributed by atoms with Crippen LogP contribution in [0.5, 0.6) is 0 Å². The second-order valence-electron chi connectivity index (χ2n) is 4.11. The zero-order valence-electron chi connectivity index (χ0n) is 10.9. The molecule has 2 rings (SSSR count). The number of rotatable bonds is 5. The van der Waals surface area contributed by atoms with Crippen molar-refractivity contribution in [3.05, 3.63) is 64.9 Å². The summed E-state index contributed by atoms with van der Waals surface area (Å²) in [6.07, 6.45) is 1.40. The minimum atomic E-state index is -0.339. The van der Waals surface area contributed by atoms with Crippen molar-refractivity contribution < 1.29 is 14.0 Å². The van der Waals surface area contributed by atoms with E-state index in [1.165, 1.54) is 18.3 Å². The Morgan fingerprint density at radius 1 is 1.19 bits per heavy atom. The number of carbonyl (C=O) groups excluding carboxylic acids is 1. The second kappa shape index (κ2) is 7.40. The summed E-state index contributed by atoms with van der Waals surface area (Å²) in [7, 11) is 0. The van der Waals surface area contributed by atoms with Crippen molar-refractivity contribution in [1.29, 1.82) is 0 Å². The summed E-state index contributed by atoms with van der Waals surface area (Å²) >= 11 is 5.74. The highest BCUT2D eigenvalue weighted by Crippen LogP contribution is 2.13. The lowest BCUT2D eigenvalue weighted by Gasteiger charge is -2.03. The number of hydrogen-bond acceptors (Lipinski definition) is 3. The molecule has 0 fully saturated rings. The first-order chi connectivity index (χ1) is 10.1. The Morgan fingerprint density at radius 2 is 1.86 bits per heavy atom. The molecule has 0 aromatic heterocycles. The maximum absolute atomic E-state index is 12.7. The average Bonchev–Trinajstić information content (AvgIpc) is 2.48. The van der Waals surface area contributed by atoms with Gasteiger partial charge in [-0.05, 0) is 42.0 Å². The van der Waals surface area contributed by atoms with Crippen LogP contribution in [-0.4, -0.2) is 18.7 Å². The molecule has 0 aliphatic carbocycles. The van der Waals surface area contributed by atoms with Crippen LogP contribution in [0.1, 0.15) is 5.56 Å². The van der Waals surface area contributed by atoms with Crippen LogP contribution in [0.25, 0.3) is 0 Å². The average molecular weight is 307 g/mol. The molecule has 21 heavy (non-hydrogen) atoms. The van der Waals surface area contributed by atoms with Gasteiger partial charge in [-0.1, -0.05) is 28.9 Å². The largest absolute Gasteiger partial charge is 0.386 e. The lowest BCUT2D eigenvalue weighted by Crippen LogP contribution is -2.16. The minimum Gasteiger partial charge on any atom is -0.386 e. The van der Waals surface area contributed by atoms with Gasteiger partial charge in [-0.15, -0.1) is 0 Å². The minimum absolute atomic E-state index is 0.222. The first-order valence-corrected chi connectivity index (χ1v) is 6.47. The Bertz CT molecular complexity index is 627. The number of nitrogens with one attached hydrogen (secondary N) is 1. The fraction of sp³-hybridized carbons (Fsp3) is 0.0667. The van der Waals surface area contributed by atoms with E-state index in [-0.39, 0.29) is 18.3 Å². The van der Waals surface area contributed by atoms with E-state index in [2.05, 4.69) is 10.5 Å². The van der Waals surface area contributed by atoms with Crippen molar-refractivity contribution in [2.75, 3.05) is 11.9 Å². The van der Waals surface area contributed by atoms with Gasteiger partial charge in [-0.3, -0.25) is 4.79 Å². The quantitative estimate of drug-likeness (QED) is 0.679. The van der Waals surface area contributed by atoms with E-state index in [1.807, 2.05) is 0 Å². The number of anilines is 1. The van der Waals surface area contributed by atoms with Crippen LogP contribution < -0.4 is 5.32 Å². The third-order valence-electron chi connectivity index (χ3n) is 2.47. The van der Waals surface area contributed by atoms with Gasteiger partial charge < -0.3 is 10.2 Å². The molecule has 0 aliphatic rings. The number of carbonyl (C=O) groups is 1. The molecule has 0 aliphatic heterocycles. The van der Waals surface area contributed by atoms with Crippen molar-refractivity contribution in [2.24, 2.45) is 5.16 Å². The van der Waals surface area contributed by atoms with Crippen LogP contribution in [0.4, 0.5) is 10.1 Å². The Balaban J connectivity index is 1.76. The van der Waals surface area contributed by atoms with Gasteiger partial charge in [0.1, 0.15) is 5.82 Å². The summed E-state index contributed by atoms with van der Waals surface area (Å²) in [5.41, 5.74) is 1.30. The summed E-state index contributed by atoms with van der Waals surface area (Å²) in [4.78, 5) is 16.4. The van der Waals surface area contributed by atoms with Gasteiger partial charge in [0, 0.05) is 10.7 Å². The molecule has 2 aromatic carbocycles. The standard InChI is InChI=1S/C15H12ClFN2O2/c16-12-3-7-14(8-4-12)19-15(20)10-21-18-9-11-1-5-13(17)6-2-11/h1-9H,10H2,(H,19,20)/b18-9+. The van der Waals surface area contributed by atoms with E-state index >= 15 is 0 Å². The van der Waals surface area contributed by atoms with Gasteiger partial charge in [0.2, 0.25) is 0 Å². The predicted molar refractivity (Wildman–Crippen MR) is 80.0 cm³/mol. The van der Waals surface area contributed by atoms with E-state index in [1.54, 1.807) is 36.4 Å². The summed E-state index contributed by atoms with van der Waals surface area (Å²) in [6.45, 7) is -0.222. The molecule has 0 saturated heterocycles. The van der Waals surface area contributed by atoms with Gasteiger partial charge >= 0.3 is 0 Å². The zero-order valence-corrected chi connectivity index (χ0v) is 11.7. The predicted octanol–water partition coefficient (Wildman–Crippen LogP) is 3.47. The monoisotopic (exact) mass is 306 g/mol. The fourth-order valence-corrected chi connectivity index (χ4v) is 1.60. The molecule has 4 nitrogen and oxygen atoms in total. The summed E-state index contributed by atoms with van der Waals surface area (Å²) in [5.74, 6) is -0.663. The smallest absolute Gasteiger partial charge is 0.265 e.